The Balaban J connectivity index is 1.31. The number of methoxy groups -OCH3 is 1. The van der Waals surface area contributed by atoms with E-state index < -0.39 is 12.1 Å². The van der Waals surface area contributed by atoms with E-state index in [4.69, 9.17) is 4.74 Å². The number of ether oxygens (including phenoxy) is 1. The monoisotopic (exact) mass is 526 g/mol. The maximum atomic E-state index is 13.4. The van der Waals surface area contributed by atoms with Crippen LogP contribution in [0.5, 0.6) is 5.75 Å². The highest BCUT2D eigenvalue weighted by molar-refractivity contribution is 7.99. The topological polar surface area (TPSA) is 82.9 Å². The second-order valence-corrected chi connectivity index (χ2v) is 10.9. The van der Waals surface area contributed by atoms with Crippen molar-refractivity contribution < 1.29 is 24.1 Å². The molecular formula is C29H35FN2O4S. The summed E-state index contributed by atoms with van der Waals surface area (Å²) >= 11 is 1.65. The molecular weight excluding hydrogens is 491 g/mol. The van der Waals surface area contributed by atoms with E-state index in [0.717, 1.165) is 71.8 Å². The quantitative estimate of drug-likeness (QED) is 0.228. The molecule has 4 rings (SSSR count). The Morgan fingerprint density at radius 1 is 1.24 bits per heavy atom. The summed E-state index contributed by atoms with van der Waals surface area (Å²) < 4.78 is 18.7. The molecule has 0 radical (unpaired) electrons. The third-order valence-corrected chi connectivity index (χ3v) is 8.33. The number of hydrogen-bond acceptors (Lipinski definition) is 6. The number of aliphatic carboxylic acids is 1. The molecule has 37 heavy (non-hydrogen) atoms. The van der Waals surface area contributed by atoms with Crippen LogP contribution in [-0.2, 0) is 4.79 Å². The maximum absolute atomic E-state index is 13.4. The number of piperidine rings is 1. The number of rotatable bonds is 12. The van der Waals surface area contributed by atoms with Crippen molar-refractivity contribution >= 4 is 28.6 Å². The predicted molar refractivity (Wildman–Crippen MR) is 145 cm³/mol. The molecule has 0 saturated carbocycles. The van der Waals surface area contributed by atoms with Crippen LogP contribution in [0.1, 0.15) is 43.8 Å². The first-order chi connectivity index (χ1) is 17.9. The number of thioether (sulfide) groups is 1. The van der Waals surface area contributed by atoms with E-state index >= 15 is 0 Å². The highest BCUT2D eigenvalue weighted by Crippen LogP contribution is 2.35. The van der Waals surface area contributed by atoms with Gasteiger partial charge in [-0.15, -0.1) is 11.8 Å². The Labute approximate surface area is 221 Å². The van der Waals surface area contributed by atoms with Crippen molar-refractivity contribution in [2.75, 3.05) is 32.5 Å². The fraction of sp³-hybridized carbons (Fsp3) is 0.448. The Hall–Kier alpha value is -2.68. The molecule has 0 amide bonds. The van der Waals surface area contributed by atoms with E-state index in [1.54, 1.807) is 37.2 Å². The van der Waals surface area contributed by atoms with Gasteiger partial charge in [-0.2, -0.15) is 0 Å². The Morgan fingerprint density at radius 2 is 2.11 bits per heavy atom. The molecule has 0 bridgehead atoms. The van der Waals surface area contributed by atoms with Gasteiger partial charge in [0.2, 0.25) is 0 Å². The summed E-state index contributed by atoms with van der Waals surface area (Å²) in [6, 6.07) is 14.1. The summed E-state index contributed by atoms with van der Waals surface area (Å²) in [5.41, 5.74) is 1.64. The number of carboxylic acids is 1. The lowest BCUT2D eigenvalue weighted by atomic mass is 9.79. The number of aliphatic hydroxyl groups excluding tert-OH is 1. The van der Waals surface area contributed by atoms with Crippen molar-refractivity contribution in [3.05, 3.63) is 66.1 Å². The number of hydrogen-bond donors (Lipinski definition) is 2. The Bertz CT molecular complexity index is 1190. The molecule has 0 spiro atoms. The molecule has 198 valence electrons. The highest BCUT2D eigenvalue weighted by Gasteiger charge is 2.31. The van der Waals surface area contributed by atoms with Gasteiger partial charge in [-0.25, -0.2) is 4.39 Å². The number of pyridine rings is 1. The van der Waals surface area contributed by atoms with E-state index in [1.165, 1.54) is 6.07 Å². The Kier molecular flexibility index (Phi) is 9.77. The van der Waals surface area contributed by atoms with Crippen molar-refractivity contribution in [3.8, 4) is 5.75 Å². The van der Waals surface area contributed by atoms with Crippen molar-refractivity contribution in [2.45, 2.75) is 43.1 Å². The number of likely N-dealkylation sites (tertiary alicyclic amines) is 1. The molecule has 6 nitrogen and oxygen atoms in total. The number of halogens is 1. The number of carbonyl (C=O) groups is 1. The zero-order valence-electron chi connectivity index (χ0n) is 21.2. The molecule has 1 fully saturated rings. The summed E-state index contributed by atoms with van der Waals surface area (Å²) in [5.74, 6) is 0.938. The third kappa shape index (κ3) is 7.66. The standard InChI is InChI=1S/C29H35FN2O4S/c1-36-23-7-8-27-26(18-23)25(10-12-31-27)28(33)9-6-20-11-14-32(19-21(20)16-29(34)35)13-3-15-37-24-5-2-4-22(30)17-24/h2,4-5,7-8,10,12,17-18,20-21,28,33H,3,6,9,11,13-16,19H2,1H3,(H,34,35)/t20-,21+,28-/m1/s1. The zero-order chi connectivity index (χ0) is 26.2. The molecule has 8 heteroatoms. The van der Waals surface area contributed by atoms with Crippen molar-refractivity contribution in [2.24, 2.45) is 11.8 Å². The molecule has 3 atom stereocenters. The van der Waals surface area contributed by atoms with Crippen LogP contribution in [0.3, 0.4) is 0 Å². The number of aromatic nitrogens is 1. The summed E-state index contributed by atoms with van der Waals surface area (Å²) in [6.07, 6.45) is 4.43. The lowest BCUT2D eigenvalue weighted by Crippen LogP contribution is -2.42. The van der Waals surface area contributed by atoms with Crippen LogP contribution in [0.15, 0.2) is 59.6 Å². The van der Waals surface area contributed by atoms with Crippen LogP contribution in [-0.4, -0.2) is 58.6 Å². The number of nitrogens with zero attached hydrogens (tertiary/aromatic N) is 2. The molecule has 2 N–H and O–H groups in total. The lowest BCUT2D eigenvalue weighted by molar-refractivity contribution is -0.139. The van der Waals surface area contributed by atoms with Crippen LogP contribution in [0.4, 0.5) is 4.39 Å². The molecule has 0 unspecified atom stereocenters. The first-order valence-electron chi connectivity index (χ1n) is 12.9. The first kappa shape index (κ1) is 27.4. The van der Waals surface area contributed by atoms with E-state index in [1.807, 2.05) is 30.3 Å². The molecule has 2 aromatic carbocycles. The molecule has 3 aromatic rings. The van der Waals surface area contributed by atoms with Gasteiger partial charge in [0.25, 0.3) is 0 Å². The number of fused-ring (bicyclic) bond motifs is 1. The SMILES string of the molecule is COc1ccc2nccc([C@H](O)CC[C@@H]3CCN(CCCSc4cccc(F)c4)C[C@@H]3CC(=O)O)c2c1. The average Bonchev–Trinajstić information content (AvgIpc) is 2.89. The van der Waals surface area contributed by atoms with Crippen LogP contribution in [0.2, 0.25) is 0 Å². The molecule has 1 aromatic heterocycles. The zero-order valence-corrected chi connectivity index (χ0v) is 22.0. The fourth-order valence-corrected chi connectivity index (χ4v) is 6.20. The van der Waals surface area contributed by atoms with Crippen molar-refractivity contribution in [3.63, 3.8) is 0 Å². The number of carboxylic acid groups (broad SMARTS) is 1. The van der Waals surface area contributed by atoms with Gasteiger partial charge in [-0.05, 0) is 104 Å². The maximum Gasteiger partial charge on any atom is 0.303 e. The van der Waals surface area contributed by atoms with Gasteiger partial charge in [0, 0.05) is 29.4 Å². The minimum absolute atomic E-state index is 0.0589. The van der Waals surface area contributed by atoms with E-state index in [-0.39, 0.29) is 24.1 Å². The summed E-state index contributed by atoms with van der Waals surface area (Å²) in [7, 11) is 1.62. The smallest absolute Gasteiger partial charge is 0.303 e. The van der Waals surface area contributed by atoms with E-state index in [0.29, 0.717) is 6.42 Å². The number of aliphatic hydroxyl groups is 1. The van der Waals surface area contributed by atoms with E-state index in [2.05, 4.69) is 9.88 Å². The first-order valence-corrected chi connectivity index (χ1v) is 13.8. The highest BCUT2D eigenvalue weighted by atomic mass is 32.2. The third-order valence-electron chi connectivity index (χ3n) is 7.25. The van der Waals surface area contributed by atoms with Crippen molar-refractivity contribution in [1.82, 2.24) is 9.88 Å². The largest absolute Gasteiger partial charge is 0.497 e. The fourth-order valence-electron chi connectivity index (χ4n) is 5.32. The molecule has 1 aliphatic heterocycles. The van der Waals surface area contributed by atoms with Crippen molar-refractivity contribution in [1.29, 1.82) is 0 Å². The minimum atomic E-state index is -0.772. The van der Waals surface area contributed by atoms with Gasteiger partial charge in [-0.3, -0.25) is 9.78 Å². The molecule has 1 saturated heterocycles. The molecule has 0 aliphatic carbocycles. The average molecular weight is 527 g/mol. The van der Waals surface area contributed by atoms with Crippen LogP contribution in [0.25, 0.3) is 10.9 Å². The van der Waals surface area contributed by atoms with Gasteiger partial charge < -0.3 is 19.8 Å². The van der Waals surface area contributed by atoms with Gasteiger partial charge in [0.15, 0.2) is 0 Å². The molecule has 2 heterocycles. The van der Waals surface area contributed by atoms with Gasteiger partial charge in [0.1, 0.15) is 11.6 Å². The van der Waals surface area contributed by atoms with Gasteiger partial charge >= 0.3 is 5.97 Å². The predicted octanol–water partition coefficient (Wildman–Crippen LogP) is 5.79. The molecule has 1 aliphatic rings. The van der Waals surface area contributed by atoms with Crippen LogP contribution in [0, 0.1) is 17.7 Å². The van der Waals surface area contributed by atoms with Gasteiger partial charge in [-0.1, -0.05) is 6.07 Å². The second kappa shape index (κ2) is 13.2. The summed E-state index contributed by atoms with van der Waals surface area (Å²) in [4.78, 5) is 19.3. The second-order valence-electron chi connectivity index (χ2n) is 9.74. The lowest BCUT2D eigenvalue weighted by Gasteiger charge is -2.38. The van der Waals surface area contributed by atoms with Crippen LogP contribution < -0.4 is 4.74 Å². The Morgan fingerprint density at radius 3 is 2.89 bits per heavy atom. The number of benzene rings is 2. The van der Waals surface area contributed by atoms with Crippen LogP contribution >= 0.6 is 11.8 Å². The van der Waals surface area contributed by atoms with Gasteiger partial charge in [0.05, 0.1) is 18.7 Å². The normalized spacial score (nSPS) is 19.1. The van der Waals surface area contributed by atoms with E-state index in [9.17, 15) is 19.4 Å². The minimum Gasteiger partial charge on any atom is -0.497 e. The summed E-state index contributed by atoms with van der Waals surface area (Å²) in [5, 5.41) is 21.5. The summed E-state index contributed by atoms with van der Waals surface area (Å²) in [6.45, 7) is 2.59.